The number of nitrogens with one attached hydrogen (secondary N) is 2. The predicted molar refractivity (Wildman–Crippen MR) is 65.8 cm³/mol. The van der Waals surface area contributed by atoms with Crippen LogP contribution in [0.1, 0.15) is 12.8 Å². The van der Waals surface area contributed by atoms with E-state index in [2.05, 4.69) is 15.6 Å². The summed E-state index contributed by atoms with van der Waals surface area (Å²) in [5.74, 6) is 1.63. The molecule has 1 aliphatic rings. The number of aromatic nitrogens is 1. The van der Waals surface area contributed by atoms with Gasteiger partial charge in [0.1, 0.15) is 5.82 Å². The molecule has 0 radical (unpaired) electrons. The van der Waals surface area contributed by atoms with Crippen molar-refractivity contribution >= 4 is 11.5 Å². The Morgan fingerprint density at radius 3 is 3.25 bits per heavy atom. The summed E-state index contributed by atoms with van der Waals surface area (Å²) >= 11 is 0. The molecule has 0 bridgehead atoms. The third-order valence-electron chi connectivity index (χ3n) is 2.92. The first-order chi connectivity index (χ1) is 7.88. The Bertz CT molecular complexity index is 324. The van der Waals surface area contributed by atoms with E-state index in [1.54, 1.807) is 0 Å². The summed E-state index contributed by atoms with van der Waals surface area (Å²) in [6, 6.07) is 4.01. The maximum Gasteiger partial charge on any atom is 0.127 e. The Hall–Kier alpha value is -1.29. The number of nitrogens with zero attached hydrogens (tertiary/aromatic N) is 1. The standard InChI is InChI=1S/C12H19N3O/c1-13-12-8-11(3-6-15-12)14-5-2-10-4-7-16-9-10/h3,6,8,10H,2,4-5,7,9H2,1H3,(H2,13,14,15). The monoisotopic (exact) mass is 221 g/mol. The van der Waals surface area contributed by atoms with Gasteiger partial charge in [0.2, 0.25) is 0 Å². The minimum atomic E-state index is 0.734. The first-order valence-corrected chi connectivity index (χ1v) is 5.84. The van der Waals surface area contributed by atoms with Crippen LogP contribution in [0.2, 0.25) is 0 Å². The Labute approximate surface area is 96.4 Å². The van der Waals surface area contributed by atoms with E-state index in [0.717, 1.165) is 37.2 Å². The van der Waals surface area contributed by atoms with Crippen LogP contribution in [0.15, 0.2) is 18.3 Å². The van der Waals surface area contributed by atoms with Gasteiger partial charge >= 0.3 is 0 Å². The van der Waals surface area contributed by atoms with Crippen molar-refractivity contribution < 1.29 is 4.74 Å². The molecule has 0 saturated carbocycles. The second-order valence-corrected chi connectivity index (χ2v) is 4.12. The number of pyridine rings is 1. The van der Waals surface area contributed by atoms with Gasteiger partial charge in [-0.1, -0.05) is 0 Å². The molecule has 1 saturated heterocycles. The first kappa shape index (κ1) is 11.2. The molecule has 2 rings (SSSR count). The van der Waals surface area contributed by atoms with Gasteiger partial charge in [-0.25, -0.2) is 4.98 Å². The Morgan fingerprint density at radius 1 is 1.56 bits per heavy atom. The lowest BCUT2D eigenvalue weighted by molar-refractivity contribution is 0.185. The van der Waals surface area contributed by atoms with Crippen LogP contribution >= 0.6 is 0 Å². The molecule has 1 atom stereocenters. The quantitative estimate of drug-likeness (QED) is 0.798. The summed E-state index contributed by atoms with van der Waals surface area (Å²) in [5, 5.41) is 6.44. The highest BCUT2D eigenvalue weighted by Gasteiger charge is 2.14. The zero-order valence-electron chi connectivity index (χ0n) is 9.70. The summed E-state index contributed by atoms with van der Waals surface area (Å²) in [5.41, 5.74) is 1.12. The van der Waals surface area contributed by atoms with Crippen LogP contribution < -0.4 is 10.6 Å². The van der Waals surface area contributed by atoms with Gasteiger partial charge in [-0.3, -0.25) is 0 Å². The second-order valence-electron chi connectivity index (χ2n) is 4.12. The minimum Gasteiger partial charge on any atom is -0.385 e. The van der Waals surface area contributed by atoms with E-state index in [-0.39, 0.29) is 0 Å². The van der Waals surface area contributed by atoms with Crippen molar-refractivity contribution in [1.82, 2.24) is 4.98 Å². The van der Waals surface area contributed by atoms with Gasteiger partial charge in [-0.15, -0.1) is 0 Å². The van der Waals surface area contributed by atoms with Crippen LogP contribution in [-0.4, -0.2) is 31.8 Å². The van der Waals surface area contributed by atoms with Crippen molar-refractivity contribution in [2.24, 2.45) is 5.92 Å². The average molecular weight is 221 g/mol. The fourth-order valence-electron chi connectivity index (χ4n) is 1.91. The molecule has 16 heavy (non-hydrogen) atoms. The molecule has 1 aliphatic heterocycles. The second kappa shape index (κ2) is 5.70. The van der Waals surface area contributed by atoms with E-state index in [4.69, 9.17) is 4.74 Å². The number of anilines is 2. The van der Waals surface area contributed by atoms with Crippen molar-refractivity contribution in [3.05, 3.63) is 18.3 Å². The Balaban J connectivity index is 1.75. The predicted octanol–water partition coefficient (Wildman–Crippen LogP) is 1.96. The molecule has 0 aliphatic carbocycles. The molecule has 0 spiro atoms. The highest BCUT2D eigenvalue weighted by atomic mass is 16.5. The zero-order chi connectivity index (χ0) is 11.2. The molecular formula is C12H19N3O. The van der Waals surface area contributed by atoms with Crippen molar-refractivity contribution in [2.45, 2.75) is 12.8 Å². The van der Waals surface area contributed by atoms with Gasteiger partial charge in [0.05, 0.1) is 0 Å². The molecular weight excluding hydrogens is 202 g/mol. The summed E-state index contributed by atoms with van der Waals surface area (Å²) in [6.07, 6.45) is 4.20. The average Bonchev–Trinajstić information content (AvgIpc) is 2.82. The van der Waals surface area contributed by atoms with Gasteiger partial charge < -0.3 is 15.4 Å². The first-order valence-electron chi connectivity index (χ1n) is 5.84. The topological polar surface area (TPSA) is 46.2 Å². The SMILES string of the molecule is CNc1cc(NCCC2CCOC2)ccn1. The number of rotatable bonds is 5. The zero-order valence-corrected chi connectivity index (χ0v) is 9.70. The van der Waals surface area contributed by atoms with Crippen molar-refractivity contribution in [3.63, 3.8) is 0 Å². The normalized spacial score (nSPS) is 19.7. The van der Waals surface area contributed by atoms with E-state index in [9.17, 15) is 0 Å². The fraction of sp³-hybridized carbons (Fsp3) is 0.583. The summed E-state index contributed by atoms with van der Waals surface area (Å²) in [4.78, 5) is 4.17. The Morgan fingerprint density at radius 2 is 2.50 bits per heavy atom. The van der Waals surface area contributed by atoms with E-state index in [0.29, 0.717) is 0 Å². The molecule has 0 aromatic carbocycles. The van der Waals surface area contributed by atoms with Crippen LogP contribution in [0.4, 0.5) is 11.5 Å². The molecule has 1 aromatic heterocycles. The van der Waals surface area contributed by atoms with Crippen LogP contribution in [0.25, 0.3) is 0 Å². The summed E-state index contributed by atoms with van der Waals surface area (Å²) in [6.45, 7) is 2.87. The molecule has 2 N–H and O–H groups in total. The molecule has 4 heteroatoms. The van der Waals surface area contributed by atoms with Gasteiger partial charge in [-0.05, 0) is 24.8 Å². The lowest BCUT2D eigenvalue weighted by Gasteiger charge is -2.10. The van der Waals surface area contributed by atoms with Gasteiger partial charge in [-0.2, -0.15) is 0 Å². The molecule has 2 heterocycles. The number of hydrogen-bond donors (Lipinski definition) is 2. The van der Waals surface area contributed by atoms with Crippen LogP contribution in [0, 0.1) is 5.92 Å². The highest BCUT2D eigenvalue weighted by Crippen LogP contribution is 2.17. The molecule has 88 valence electrons. The van der Waals surface area contributed by atoms with Gasteiger partial charge in [0.25, 0.3) is 0 Å². The molecule has 1 fully saturated rings. The van der Waals surface area contributed by atoms with E-state index in [1.807, 2.05) is 25.4 Å². The van der Waals surface area contributed by atoms with Crippen molar-refractivity contribution in [2.75, 3.05) is 37.4 Å². The van der Waals surface area contributed by atoms with Crippen LogP contribution in [-0.2, 0) is 4.74 Å². The summed E-state index contributed by atoms with van der Waals surface area (Å²) in [7, 11) is 1.88. The van der Waals surface area contributed by atoms with Crippen LogP contribution in [0.3, 0.4) is 0 Å². The smallest absolute Gasteiger partial charge is 0.127 e. The van der Waals surface area contributed by atoms with Crippen LogP contribution in [0.5, 0.6) is 0 Å². The van der Waals surface area contributed by atoms with Gasteiger partial charge in [0, 0.05) is 44.8 Å². The van der Waals surface area contributed by atoms with E-state index >= 15 is 0 Å². The van der Waals surface area contributed by atoms with Crippen molar-refractivity contribution in [3.8, 4) is 0 Å². The third kappa shape index (κ3) is 3.10. The lowest BCUT2D eigenvalue weighted by atomic mass is 10.1. The molecule has 4 nitrogen and oxygen atoms in total. The molecule has 1 unspecified atom stereocenters. The van der Waals surface area contributed by atoms with E-state index < -0.39 is 0 Å². The molecule has 0 amide bonds. The largest absolute Gasteiger partial charge is 0.385 e. The summed E-state index contributed by atoms with van der Waals surface area (Å²) < 4.78 is 5.35. The minimum absolute atomic E-state index is 0.734. The highest BCUT2D eigenvalue weighted by molar-refractivity contribution is 5.51. The fourth-order valence-corrected chi connectivity index (χ4v) is 1.91. The number of ether oxygens (including phenoxy) is 1. The Kier molecular flexibility index (Phi) is 3.99. The van der Waals surface area contributed by atoms with Crippen molar-refractivity contribution in [1.29, 1.82) is 0 Å². The maximum absolute atomic E-state index is 5.35. The van der Waals surface area contributed by atoms with Gasteiger partial charge in [0.15, 0.2) is 0 Å². The van der Waals surface area contributed by atoms with E-state index in [1.165, 1.54) is 12.8 Å². The molecule has 1 aromatic rings. The lowest BCUT2D eigenvalue weighted by Crippen LogP contribution is -2.09. The number of hydrogen-bond acceptors (Lipinski definition) is 4. The third-order valence-corrected chi connectivity index (χ3v) is 2.92. The maximum atomic E-state index is 5.35.